The lowest BCUT2D eigenvalue weighted by atomic mass is 10.0. The average Bonchev–Trinajstić information content (AvgIpc) is 2.16. The van der Waals surface area contributed by atoms with Crippen LogP contribution in [-0.2, 0) is 0 Å². The molecule has 0 aliphatic carbocycles. The number of rotatable bonds is 5. The zero-order chi connectivity index (χ0) is 12.1. The van der Waals surface area contributed by atoms with Gasteiger partial charge in [-0.05, 0) is 30.5 Å². The zero-order valence-electron chi connectivity index (χ0n) is 10.2. The van der Waals surface area contributed by atoms with E-state index in [1.54, 1.807) is 0 Å². The summed E-state index contributed by atoms with van der Waals surface area (Å²) in [6.45, 7) is 6.22. The van der Waals surface area contributed by atoms with Gasteiger partial charge in [0.05, 0.1) is 5.84 Å². The number of nitrogens with one attached hydrogen (secondary N) is 1. The van der Waals surface area contributed by atoms with Gasteiger partial charge in [-0.1, -0.05) is 26.0 Å². The van der Waals surface area contributed by atoms with E-state index >= 15 is 0 Å². The molecule has 3 heteroatoms. The molecule has 0 fully saturated rings. The molecular formula is C13H20N2O. The second kappa shape index (κ2) is 5.54. The largest absolute Gasteiger partial charge is 0.490 e. The maximum absolute atomic E-state index is 7.20. The molecule has 1 aromatic rings. The van der Waals surface area contributed by atoms with Crippen molar-refractivity contribution in [2.24, 2.45) is 5.73 Å². The monoisotopic (exact) mass is 220 g/mol. The Balaban J connectivity index is 2.66. The summed E-state index contributed by atoms with van der Waals surface area (Å²) in [4.78, 5) is 0. The lowest BCUT2D eigenvalue weighted by Gasteiger charge is -2.15. The molecule has 0 aliphatic rings. The average molecular weight is 220 g/mol. The van der Waals surface area contributed by atoms with Crippen LogP contribution in [0.3, 0.4) is 0 Å². The summed E-state index contributed by atoms with van der Waals surface area (Å²) in [6.07, 6.45) is 0.409. The fourth-order valence-electron chi connectivity index (χ4n) is 1.53. The molecule has 0 radical (unpaired) electrons. The molecule has 0 saturated heterocycles. The molecule has 88 valence electrons. The fourth-order valence-corrected chi connectivity index (χ4v) is 1.53. The van der Waals surface area contributed by atoms with Gasteiger partial charge in [-0.3, -0.25) is 5.41 Å². The Morgan fingerprint density at radius 3 is 2.62 bits per heavy atom. The Bertz CT molecular complexity index is 361. The molecule has 0 saturated carbocycles. The molecule has 3 nitrogen and oxygen atoms in total. The van der Waals surface area contributed by atoms with Crippen LogP contribution in [-0.4, -0.2) is 11.9 Å². The van der Waals surface area contributed by atoms with Gasteiger partial charge < -0.3 is 10.5 Å². The van der Waals surface area contributed by atoms with Crippen molar-refractivity contribution in [2.75, 3.05) is 0 Å². The SMILES string of the molecule is CC(CC(=N)N)Oc1cccc(C(C)C)c1. The number of hydrogen-bond acceptors (Lipinski definition) is 2. The number of ether oxygens (including phenoxy) is 1. The van der Waals surface area contributed by atoms with Crippen LogP contribution < -0.4 is 10.5 Å². The van der Waals surface area contributed by atoms with Gasteiger partial charge in [0.2, 0.25) is 0 Å². The molecule has 1 unspecified atom stereocenters. The minimum Gasteiger partial charge on any atom is -0.490 e. The van der Waals surface area contributed by atoms with Crippen LogP contribution in [0.25, 0.3) is 0 Å². The van der Waals surface area contributed by atoms with E-state index < -0.39 is 0 Å². The summed E-state index contributed by atoms with van der Waals surface area (Å²) in [5.74, 6) is 1.50. The molecule has 3 N–H and O–H groups in total. The smallest absolute Gasteiger partial charge is 0.120 e. The number of amidine groups is 1. The Hall–Kier alpha value is -1.51. The molecule has 1 rings (SSSR count). The van der Waals surface area contributed by atoms with Crippen molar-refractivity contribution >= 4 is 5.84 Å². The quantitative estimate of drug-likeness (QED) is 0.592. The van der Waals surface area contributed by atoms with Gasteiger partial charge in [0.15, 0.2) is 0 Å². The van der Waals surface area contributed by atoms with Crippen LogP contribution in [0.2, 0.25) is 0 Å². The van der Waals surface area contributed by atoms with Crippen molar-refractivity contribution in [3.63, 3.8) is 0 Å². The summed E-state index contributed by atoms with van der Waals surface area (Å²) in [7, 11) is 0. The van der Waals surface area contributed by atoms with Crippen molar-refractivity contribution in [3.8, 4) is 5.75 Å². The Morgan fingerprint density at radius 2 is 2.06 bits per heavy atom. The normalized spacial score (nSPS) is 12.5. The van der Waals surface area contributed by atoms with Crippen molar-refractivity contribution in [3.05, 3.63) is 29.8 Å². The lowest BCUT2D eigenvalue weighted by Crippen LogP contribution is -2.21. The Labute approximate surface area is 97.1 Å². The van der Waals surface area contributed by atoms with Gasteiger partial charge in [-0.15, -0.1) is 0 Å². The highest BCUT2D eigenvalue weighted by Crippen LogP contribution is 2.21. The van der Waals surface area contributed by atoms with E-state index in [9.17, 15) is 0 Å². The van der Waals surface area contributed by atoms with Gasteiger partial charge in [-0.2, -0.15) is 0 Å². The summed E-state index contributed by atoms with van der Waals surface area (Å²) < 4.78 is 5.70. The molecule has 0 aliphatic heterocycles. The molecule has 1 aromatic carbocycles. The van der Waals surface area contributed by atoms with Crippen LogP contribution in [0.5, 0.6) is 5.75 Å². The molecule has 0 amide bonds. The second-order valence-electron chi connectivity index (χ2n) is 4.39. The highest BCUT2D eigenvalue weighted by atomic mass is 16.5. The second-order valence-corrected chi connectivity index (χ2v) is 4.39. The van der Waals surface area contributed by atoms with Crippen molar-refractivity contribution in [1.82, 2.24) is 0 Å². The molecule has 16 heavy (non-hydrogen) atoms. The first-order valence-electron chi connectivity index (χ1n) is 5.58. The van der Waals surface area contributed by atoms with Gasteiger partial charge in [-0.25, -0.2) is 0 Å². The van der Waals surface area contributed by atoms with Gasteiger partial charge in [0.25, 0.3) is 0 Å². The van der Waals surface area contributed by atoms with Crippen LogP contribution >= 0.6 is 0 Å². The molecule has 0 spiro atoms. The highest BCUT2D eigenvalue weighted by Gasteiger charge is 2.07. The van der Waals surface area contributed by atoms with E-state index in [1.165, 1.54) is 5.56 Å². The third-order valence-corrected chi connectivity index (χ3v) is 2.37. The first-order chi connectivity index (χ1) is 7.49. The highest BCUT2D eigenvalue weighted by molar-refractivity contribution is 5.77. The van der Waals surface area contributed by atoms with Crippen LogP contribution in [0.15, 0.2) is 24.3 Å². The van der Waals surface area contributed by atoms with Crippen LogP contribution in [0.1, 0.15) is 38.7 Å². The number of benzene rings is 1. The third kappa shape index (κ3) is 3.93. The van der Waals surface area contributed by atoms with Gasteiger partial charge in [0.1, 0.15) is 11.9 Å². The maximum atomic E-state index is 7.20. The van der Waals surface area contributed by atoms with E-state index in [0.717, 1.165) is 5.75 Å². The zero-order valence-corrected chi connectivity index (χ0v) is 10.2. The predicted octanol–water partition coefficient (Wildman–Crippen LogP) is 2.90. The summed E-state index contributed by atoms with van der Waals surface area (Å²) in [6, 6.07) is 8.06. The summed E-state index contributed by atoms with van der Waals surface area (Å²) >= 11 is 0. The van der Waals surface area contributed by atoms with E-state index in [1.807, 2.05) is 25.1 Å². The first-order valence-corrected chi connectivity index (χ1v) is 5.58. The standard InChI is InChI=1S/C13H20N2O/c1-9(2)11-5-4-6-12(8-11)16-10(3)7-13(14)15/h4-6,8-10H,7H2,1-3H3,(H3,14,15). The minimum absolute atomic E-state index is 0.0556. The Morgan fingerprint density at radius 1 is 1.38 bits per heavy atom. The van der Waals surface area contributed by atoms with Gasteiger partial charge in [0, 0.05) is 6.42 Å². The molecular weight excluding hydrogens is 200 g/mol. The van der Waals surface area contributed by atoms with Crippen molar-refractivity contribution < 1.29 is 4.74 Å². The van der Waals surface area contributed by atoms with Crippen molar-refractivity contribution in [1.29, 1.82) is 5.41 Å². The third-order valence-electron chi connectivity index (χ3n) is 2.37. The van der Waals surface area contributed by atoms with E-state index in [-0.39, 0.29) is 11.9 Å². The lowest BCUT2D eigenvalue weighted by molar-refractivity contribution is 0.229. The van der Waals surface area contributed by atoms with E-state index in [0.29, 0.717) is 12.3 Å². The summed E-state index contributed by atoms with van der Waals surface area (Å²) in [5, 5.41) is 7.20. The maximum Gasteiger partial charge on any atom is 0.120 e. The molecule has 1 atom stereocenters. The molecule has 0 bridgehead atoms. The van der Waals surface area contributed by atoms with E-state index in [4.69, 9.17) is 15.9 Å². The number of nitrogens with two attached hydrogens (primary N) is 1. The fraction of sp³-hybridized carbons (Fsp3) is 0.462. The topological polar surface area (TPSA) is 59.1 Å². The van der Waals surface area contributed by atoms with E-state index in [2.05, 4.69) is 19.9 Å². The number of hydrogen-bond donors (Lipinski definition) is 2. The van der Waals surface area contributed by atoms with Crippen LogP contribution in [0, 0.1) is 5.41 Å². The van der Waals surface area contributed by atoms with Crippen molar-refractivity contribution in [2.45, 2.75) is 39.2 Å². The predicted molar refractivity (Wildman–Crippen MR) is 67.2 cm³/mol. The molecule has 0 heterocycles. The Kier molecular flexibility index (Phi) is 4.35. The van der Waals surface area contributed by atoms with Gasteiger partial charge >= 0.3 is 0 Å². The summed E-state index contributed by atoms with van der Waals surface area (Å²) in [5.41, 5.74) is 6.59. The first kappa shape index (κ1) is 12.6. The van der Waals surface area contributed by atoms with Crippen LogP contribution in [0.4, 0.5) is 0 Å². The molecule has 0 aromatic heterocycles. The minimum atomic E-state index is -0.0556.